The Balaban J connectivity index is 0.00000192. The minimum absolute atomic E-state index is 0. The zero-order valence-electron chi connectivity index (χ0n) is 13.1. The molecule has 1 fully saturated rings. The minimum atomic E-state index is -0.856. The number of hydrogen-bond acceptors (Lipinski definition) is 4. The Bertz CT molecular complexity index is 696. The van der Waals surface area contributed by atoms with E-state index in [4.69, 9.17) is 0 Å². The van der Waals surface area contributed by atoms with Crippen molar-refractivity contribution in [2.75, 3.05) is 13.1 Å². The molecule has 0 spiro atoms. The van der Waals surface area contributed by atoms with Crippen LogP contribution in [0.2, 0.25) is 0 Å². The third-order valence-corrected chi connectivity index (χ3v) is 4.57. The fraction of sp³-hybridized carbons (Fsp3) is 0.412. The lowest BCUT2D eigenvalue weighted by molar-refractivity contribution is -0.0330. The Morgan fingerprint density at radius 2 is 1.91 bits per heavy atom. The van der Waals surface area contributed by atoms with Crippen molar-refractivity contribution in [2.24, 2.45) is 0 Å². The van der Waals surface area contributed by atoms with Crippen molar-refractivity contribution in [3.8, 4) is 11.3 Å². The summed E-state index contributed by atoms with van der Waals surface area (Å²) in [6.07, 6.45) is 2.83. The second-order valence-electron chi connectivity index (χ2n) is 5.92. The maximum atomic E-state index is 12.4. The Morgan fingerprint density at radius 3 is 2.52 bits per heavy atom. The van der Waals surface area contributed by atoms with Crippen molar-refractivity contribution < 1.29 is 5.11 Å². The van der Waals surface area contributed by atoms with Gasteiger partial charge in [-0.1, -0.05) is 30.3 Å². The standard InChI is InChI=1S/C17H21N3O2.ClH/c1-13(17(22)7-9-18-10-8-17)20-12-19-15(11-16(20)21)14-5-3-2-4-6-14;/h2-6,11-13,18,22H,7-10H2,1H3;1H. The summed E-state index contributed by atoms with van der Waals surface area (Å²) in [4.78, 5) is 16.8. The minimum Gasteiger partial charge on any atom is -0.388 e. The van der Waals surface area contributed by atoms with Gasteiger partial charge in [0.25, 0.3) is 5.56 Å². The molecule has 1 unspecified atom stereocenters. The summed E-state index contributed by atoms with van der Waals surface area (Å²) in [7, 11) is 0. The average Bonchev–Trinajstić information content (AvgIpc) is 2.56. The summed E-state index contributed by atoms with van der Waals surface area (Å²) in [6, 6.07) is 10.9. The molecule has 0 aliphatic carbocycles. The highest BCUT2D eigenvalue weighted by Crippen LogP contribution is 2.30. The second kappa shape index (κ2) is 7.25. The molecule has 0 amide bonds. The molecule has 5 nitrogen and oxygen atoms in total. The molecular weight excluding hydrogens is 314 g/mol. The highest BCUT2D eigenvalue weighted by Gasteiger charge is 2.36. The number of halogens is 1. The lowest BCUT2D eigenvalue weighted by Gasteiger charge is -2.38. The number of piperidine rings is 1. The van der Waals surface area contributed by atoms with E-state index in [-0.39, 0.29) is 24.0 Å². The van der Waals surface area contributed by atoms with Gasteiger partial charge < -0.3 is 10.4 Å². The number of nitrogens with one attached hydrogen (secondary N) is 1. The summed E-state index contributed by atoms with van der Waals surface area (Å²) in [6.45, 7) is 3.42. The van der Waals surface area contributed by atoms with Crippen molar-refractivity contribution in [3.05, 3.63) is 53.1 Å². The van der Waals surface area contributed by atoms with Crippen molar-refractivity contribution in [1.29, 1.82) is 0 Å². The molecule has 1 atom stereocenters. The van der Waals surface area contributed by atoms with Crippen LogP contribution in [0.3, 0.4) is 0 Å². The molecule has 6 heteroatoms. The van der Waals surface area contributed by atoms with Crippen LogP contribution in [0.5, 0.6) is 0 Å². The third-order valence-electron chi connectivity index (χ3n) is 4.57. The van der Waals surface area contributed by atoms with Gasteiger partial charge >= 0.3 is 0 Å². The summed E-state index contributed by atoms with van der Waals surface area (Å²) >= 11 is 0. The predicted molar refractivity (Wildman–Crippen MR) is 92.9 cm³/mol. The quantitative estimate of drug-likeness (QED) is 0.900. The first-order chi connectivity index (χ1) is 10.6. The molecule has 124 valence electrons. The first kappa shape index (κ1) is 17.7. The number of rotatable bonds is 3. The van der Waals surface area contributed by atoms with Crippen LogP contribution >= 0.6 is 12.4 Å². The second-order valence-corrected chi connectivity index (χ2v) is 5.92. The fourth-order valence-corrected chi connectivity index (χ4v) is 3.00. The van der Waals surface area contributed by atoms with E-state index in [1.807, 2.05) is 37.3 Å². The Kier molecular flexibility index (Phi) is 5.57. The zero-order valence-corrected chi connectivity index (χ0v) is 13.9. The maximum absolute atomic E-state index is 12.4. The van der Waals surface area contributed by atoms with E-state index in [1.54, 1.807) is 6.33 Å². The molecule has 3 rings (SSSR count). The van der Waals surface area contributed by atoms with Crippen LogP contribution in [0.15, 0.2) is 47.5 Å². The zero-order chi connectivity index (χ0) is 15.6. The van der Waals surface area contributed by atoms with Crippen LogP contribution in [0.4, 0.5) is 0 Å². The van der Waals surface area contributed by atoms with Crippen LogP contribution < -0.4 is 10.9 Å². The Labute approximate surface area is 141 Å². The van der Waals surface area contributed by atoms with E-state index in [0.29, 0.717) is 18.5 Å². The van der Waals surface area contributed by atoms with Crippen molar-refractivity contribution >= 4 is 12.4 Å². The molecule has 1 aliphatic heterocycles. The number of hydrogen-bond donors (Lipinski definition) is 2. The highest BCUT2D eigenvalue weighted by molar-refractivity contribution is 5.85. The lowest BCUT2D eigenvalue weighted by Crippen LogP contribution is -2.48. The molecule has 1 aliphatic rings. The summed E-state index contributed by atoms with van der Waals surface area (Å²) < 4.78 is 1.54. The molecule has 0 bridgehead atoms. The van der Waals surface area contributed by atoms with Gasteiger partial charge in [0.1, 0.15) is 0 Å². The number of aromatic nitrogens is 2. The van der Waals surface area contributed by atoms with Gasteiger partial charge in [-0.05, 0) is 32.9 Å². The summed E-state index contributed by atoms with van der Waals surface area (Å²) in [5.41, 5.74) is 0.588. The summed E-state index contributed by atoms with van der Waals surface area (Å²) in [5, 5.41) is 14.0. The summed E-state index contributed by atoms with van der Waals surface area (Å²) in [5.74, 6) is 0. The van der Waals surface area contributed by atoms with Crippen molar-refractivity contribution in [2.45, 2.75) is 31.4 Å². The lowest BCUT2D eigenvalue weighted by atomic mass is 9.85. The first-order valence-corrected chi connectivity index (χ1v) is 7.67. The van der Waals surface area contributed by atoms with Gasteiger partial charge in [-0.2, -0.15) is 0 Å². The molecule has 1 saturated heterocycles. The van der Waals surface area contributed by atoms with Gasteiger partial charge in [-0.25, -0.2) is 4.98 Å². The molecule has 1 aromatic heterocycles. The molecule has 1 aromatic carbocycles. The fourth-order valence-electron chi connectivity index (χ4n) is 3.00. The van der Waals surface area contributed by atoms with Crippen LogP contribution in [-0.4, -0.2) is 33.3 Å². The van der Waals surface area contributed by atoms with E-state index in [9.17, 15) is 9.90 Å². The smallest absolute Gasteiger partial charge is 0.254 e. The van der Waals surface area contributed by atoms with Gasteiger partial charge in [0.15, 0.2) is 0 Å². The highest BCUT2D eigenvalue weighted by atomic mass is 35.5. The van der Waals surface area contributed by atoms with E-state index >= 15 is 0 Å². The molecular formula is C17H22ClN3O2. The van der Waals surface area contributed by atoms with E-state index < -0.39 is 5.60 Å². The van der Waals surface area contributed by atoms with Crippen LogP contribution in [0, 0.1) is 0 Å². The average molecular weight is 336 g/mol. The van der Waals surface area contributed by atoms with E-state index in [1.165, 1.54) is 10.6 Å². The van der Waals surface area contributed by atoms with Crippen molar-refractivity contribution in [3.63, 3.8) is 0 Å². The maximum Gasteiger partial charge on any atom is 0.254 e. The van der Waals surface area contributed by atoms with Crippen molar-refractivity contribution in [1.82, 2.24) is 14.9 Å². The number of aliphatic hydroxyl groups is 1. The largest absolute Gasteiger partial charge is 0.388 e. The van der Waals surface area contributed by atoms with Crippen LogP contribution in [-0.2, 0) is 0 Å². The van der Waals surface area contributed by atoms with E-state index in [2.05, 4.69) is 10.3 Å². The molecule has 0 radical (unpaired) electrons. The first-order valence-electron chi connectivity index (χ1n) is 7.67. The monoisotopic (exact) mass is 335 g/mol. The SMILES string of the molecule is CC(n1cnc(-c2ccccc2)cc1=O)C1(O)CCNCC1.Cl. The molecule has 0 saturated carbocycles. The van der Waals surface area contributed by atoms with Crippen LogP contribution in [0.25, 0.3) is 11.3 Å². The van der Waals surface area contributed by atoms with Gasteiger partial charge in [0.05, 0.1) is 23.7 Å². The predicted octanol–water partition coefficient (Wildman–Crippen LogP) is 2.01. The molecule has 2 N–H and O–H groups in total. The van der Waals surface area contributed by atoms with Gasteiger partial charge in [-0.3, -0.25) is 9.36 Å². The topological polar surface area (TPSA) is 67.2 Å². The van der Waals surface area contributed by atoms with Crippen LogP contribution in [0.1, 0.15) is 25.8 Å². The Hall–Kier alpha value is -1.69. The molecule has 23 heavy (non-hydrogen) atoms. The molecule has 2 aromatic rings. The van der Waals surface area contributed by atoms with Gasteiger partial charge in [0, 0.05) is 11.6 Å². The Morgan fingerprint density at radius 1 is 1.26 bits per heavy atom. The van der Waals surface area contributed by atoms with Gasteiger partial charge in [0.2, 0.25) is 0 Å². The molecule has 2 heterocycles. The third kappa shape index (κ3) is 3.63. The number of benzene rings is 1. The normalized spacial score (nSPS) is 18.0. The van der Waals surface area contributed by atoms with Gasteiger partial charge in [-0.15, -0.1) is 12.4 Å². The van der Waals surface area contributed by atoms with E-state index in [0.717, 1.165) is 18.7 Å². The number of nitrogens with zero attached hydrogens (tertiary/aromatic N) is 2.